The maximum atomic E-state index is 13.2. The quantitative estimate of drug-likeness (QED) is 0.812. The molecule has 31 heavy (non-hydrogen) atoms. The molecule has 4 aliphatic rings. The minimum absolute atomic E-state index is 0.0822. The van der Waals surface area contributed by atoms with E-state index in [4.69, 9.17) is 9.47 Å². The van der Waals surface area contributed by atoms with Crippen LogP contribution in [0.25, 0.3) is 0 Å². The Morgan fingerprint density at radius 3 is 2.68 bits per heavy atom. The number of β-amino-alcohol motifs (C(OH)–C–C–N with tert-alkyl or cyclic N) is 1. The molecule has 4 aliphatic heterocycles. The molecule has 0 aromatic heterocycles. The number of hydrogen-bond donors (Lipinski definition) is 1. The molecule has 7 nitrogen and oxygen atoms in total. The van der Waals surface area contributed by atoms with Crippen molar-refractivity contribution in [3.8, 4) is 11.5 Å². The summed E-state index contributed by atoms with van der Waals surface area (Å²) < 4.78 is 10.9. The van der Waals surface area contributed by atoms with Gasteiger partial charge in [-0.05, 0) is 36.2 Å². The maximum Gasteiger partial charge on any atom is 0.253 e. The summed E-state index contributed by atoms with van der Waals surface area (Å²) >= 11 is 0. The Hall–Kier alpha value is -2.61. The van der Waals surface area contributed by atoms with Crippen LogP contribution in [0.3, 0.4) is 0 Å². The molecular weight excluding hydrogens is 394 g/mol. The van der Waals surface area contributed by atoms with Gasteiger partial charge >= 0.3 is 0 Å². The first kappa shape index (κ1) is 19.1. The fraction of sp³-hybridized carbons (Fsp3) is 0.458. The Kier molecular flexibility index (Phi) is 4.45. The van der Waals surface area contributed by atoms with Gasteiger partial charge < -0.3 is 19.5 Å². The summed E-state index contributed by atoms with van der Waals surface area (Å²) in [6, 6.07) is 15.9. The summed E-state index contributed by atoms with van der Waals surface area (Å²) in [6.45, 7) is 5.01. The van der Waals surface area contributed by atoms with Gasteiger partial charge in [0.05, 0.1) is 11.6 Å². The van der Waals surface area contributed by atoms with Crippen molar-refractivity contribution in [3.05, 3.63) is 59.7 Å². The Bertz CT molecular complexity index is 992. The van der Waals surface area contributed by atoms with E-state index >= 15 is 0 Å². The molecular formula is C24H27N3O4. The van der Waals surface area contributed by atoms with E-state index in [9.17, 15) is 9.90 Å². The normalized spacial score (nSPS) is 26.7. The first-order valence-corrected chi connectivity index (χ1v) is 11.0. The van der Waals surface area contributed by atoms with Crippen LogP contribution in [0.2, 0.25) is 0 Å². The minimum Gasteiger partial charge on any atom is -0.454 e. The second-order valence-corrected chi connectivity index (χ2v) is 9.30. The van der Waals surface area contributed by atoms with E-state index < -0.39 is 0 Å². The van der Waals surface area contributed by atoms with Crippen molar-refractivity contribution in [3.63, 3.8) is 0 Å². The fourth-order valence-corrected chi connectivity index (χ4v) is 5.81. The molecule has 0 bridgehead atoms. The third-order valence-corrected chi connectivity index (χ3v) is 7.10. The van der Waals surface area contributed by atoms with E-state index in [2.05, 4.69) is 21.9 Å². The molecule has 3 fully saturated rings. The number of piperazine rings is 1. The van der Waals surface area contributed by atoms with Gasteiger partial charge in [0.2, 0.25) is 6.79 Å². The van der Waals surface area contributed by atoms with Crippen molar-refractivity contribution in [1.29, 1.82) is 0 Å². The summed E-state index contributed by atoms with van der Waals surface area (Å²) in [5.74, 6) is 1.71. The van der Waals surface area contributed by atoms with Crippen LogP contribution < -0.4 is 9.47 Å². The van der Waals surface area contributed by atoms with Gasteiger partial charge in [0.25, 0.3) is 5.91 Å². The number of fused-ring (bicyclic) bond motifs is 3. The second kappa shape index (κ2) is 7.22. The van der Waals surface area contributed by atoms with Crippen molar-refractivity contribution < 1.29 is 19.4 Å². The number of carbonyl (C=O) groups excluding carboxylic acids is 1. The van der Waals surface area contributed by atoms with Crippen molar-refractivity contribution in [2.75, 3.05) is 39.5 Å². The SMILES string of the molecule is O=C(c1ccccc1)N1CC2CC(O)CN2C2(CN(Cc3ccc4c(c3)OCO4)C2)C1. The predicted octanol–water partition coefficient (Wildman–Crippen LogP) is 1.56. The van der Waals surface area contributed by atoms with Crippen LogP contribution in [0.5, 0.6) is 11.5 Å². The summed E-state index contributed by atoms with van der Waals surface area (Å²) in [5, 5.41) is 10.4. The lowest BCUT2D eigenvalue weighted by Gasteiger charge is -2.61. The van der Waals surface area contributed by atoms with E-state index in [0.717, 1.165) is 43.1 Å². The molecule has 3 saturated heterocycles. The third kappa shape index (κ3) is 3.28. The van der Waals surface area contributed by atoms with E-state index in [1.165, 1.54) is 5.56 Å². The van der Waals surface area contributed by atoms with Gasteiger partial charge in [0.1, 0.15) is 0 Å². The van der Waals surface area contributed by atoms with Crippen LogP contribution in [0.1, 0.15) is 22.3 Å². The van der Waals surface area contributed by atoms with E-state index in [0.29, 0.717) is 19.6 Å². The zero-order valence-electron chi connectivity index (χ0n) is 17.4. The highest BCUT2D eigenvalue weighted by molar-refractivity contribution is 5.94. The number of amides is 1. The summed E-state index contributed by atoms with van der Waals surface area (Å²) in [4.78, 5) is 20.1. The average molecular weight is 421 g/mol. The molecule has 7 heteroatoms. The van der Waals surface area contributed by atoms with Crippen molar-refractivity contribution in [1.82, 2.24) is 14.7 Å². The molecule has 0 aliphatic carbocycles. The molecule has 2 unspecified atom stereocenters. The van der Waals surface area contributed by atoms with Crippen LogP contribution in [-0.4, -0.2) is 82.9 Å². The molecule has 2 atom stereocenters. The van der Waals surface area contributed by atoms with Crippen molar-refractivity contribution in [2.24, 2.45) is 0 Å². The molecule has 4 heterocycles. The summed E-state index contributed by atoms with van der Waals surface area (Å²) in [5.41, 5.74) is 1.85. The van der Waals surface area contributed by atoms with Crippen LogP contribution in [0, 0.1) is 0 Å². The van der Waals surface area contributed by atoms with Gasteiger partial charge in [0.15, 0.2) is 11.5 Å². The average Bonchev–Trinajstić information content (AvgIpc) is 3.38. The zero-order chi connectivity index (χ0) is 21.0. The highest BCUT2D eigenvalue weighted by Gasteiger charge is 2.56. The first-order chi connectivity index (χ1) is 15.1. The Morgan fingerprint density at radius 1 is 1.03 bits per heavy atom. The van der Waals surface area contributed by atoms with Gasteiger partial charge in [-0.25, -0.2) is 0 Å². The topological polar surface area (TPSA) is 65.5 Å². The smallest absolute Gasteiger partial charge is 0.253 e. The molecule has 6 rings (SSSR count). The Labute approximate surface area is 181 Å². The molecule has 1 spiro atoms. The Morgan fingerprint density at radius 2 is 1.84 bits per heavy atom. The summed E-state index contributed by atoms with van der Waals surface area (Å²) in [6.07, 6.45) is 0.430. The first-order valence-electron chi connectivity index (χ1n) is 11.0. The highest BCUT2D eigenvalue weighted by atomic mass is 16.7. The lowest BCUT2D eigenvalue weighted by Crippen LogP contribution is -2.78. The number of rotatable bonds is 3. The van der Waals surface area contributed by atoms with Gasteiger partial charge in [0, 0.05) is 50.9 Å². The molecule has 162 valence electrons. The van der Waals surface area contributed by atoms with E-state index in [-0.39, 0.29) is 30.4 Å². The largest absolute Gasteiger partial charge is 0.454 e. The van der Waals surface area contributed by atoms with Crippen LogP contribution >= 0.6 is 0 Å². The van der Waals surface area contributed by atoms with E-state index in [1.54, 1.807) is 0 Å². The molecule has 0 radical (unpaired) electrons. The number of ether oxygens (including phenoxy) is 2. The molecule has 1 N–H and O–H groups in total. The van der Waals surface area contributed by atoms with Gasteiger partial charge in [-0.3, -0.25) is 14.6 Å². The summed E-state index contributed by atoms with van der Waals surface area (Å²) in [7, 11) is 0. The highest BCUT2D eigenvalue weighted by Crippen LogP contribution is 2.40. The molecule has 2 aromatic rings. The number of aliphatic hydroxyl groups is 1. The Balaban J connectivity index is 1.19. The van der Waals surface area contributed by atoms with Crippen molar-refractivity contribution in [2.45, 2.75) is 30.7 Å². The molecule has 1 amide bonds. The monoisotopic (exact) mass is 421 g/mol. The number of hydrogen-bond acceptors (Lipinski definition) is 6. The van der Waals surface area contributed by atoms with Gasteiger partial charge in [-0.1, -0.05) is 24.3 Å². The van der Waals surface area contributed by atoms with Gasteiger partial charge in [-0.15, -0.1) is 0 Å². The number of likely N-dealkylation sites (tertiary alicyclic amines) is 1. The number of benzene rings is 2. The minimum atomic E-state index is -0.309. The van der Waals surface area contributed by atoms with Crippen LogP contribution in [-0.2, 0) is 6.54 Å². The van der Waals surface area contributed by atoms with Crippen molar-refractivity contribution >= 4 is 5.91 Å². The predicted molar refractivity (Wildman–Crippen MR) is 114 cm³/mol. The zero-order valence-corrected chi connectivity index (χ0v) is 17.4. The number of nitrogens with zero attached hydrogens (tertiary/aromatic N) is 3. The number of aliphatic hydroxyl groups excluding tert-OH is 1. The number of carbonyl (C=O) groups is 1. The maximum absolute atomic E-state index is 13.2. The lowest BCUT2D eigenvalue weighted by atomic mass is 9.83. The van der Waals surface area contributed by atoms with E-state index in [1.807, 2.05) is 41.3 Å². The third-order valence-electron chi connectivity index (χ3n) is 7.10. The standard InChI is InChI=1S/C24H27N3O4/c28-20-9-19-11-26(23(29)18-4-2-1-3-5-18)15-24(27(19)12-20)13-25(14-24)10-17-6-7-21-22(8-17)31-16-30-21/h1-8,19-20,28H,9-16H2. The lowest BCUT2D eigenvalue weighted by molar-refractivity contribution is -0.108. The van der Waals surface area contributed by atoms with Crippen LogP contribution in [0.4, 0.5) is 0 Å². The van der Waals surface area contributed by atoms with Gasteiger partial charge in [-0.2, -0.15) is 0 Å². The molecule has 2 aromatic carbocycles. The fourth-order valence-electron chi connectivity index (χ4n) is 5.81. The van der Waals surface area contributed by atoms with Crippen LogP contribution in [0.15, 0.2) is 48.5 Å². The molecule has 0 saturated carbocycles. The second-order valence-electron chi connectivity index (χ2n) is 9.30.